The third kappa shape index (κ3) is 2.13. The molecule has 0 spiro atoms. The van der Waals surface area contributed by atoms with Crippen molar-refractivity contribution < 1.29 is 0 Å². The second-order valence-electron chi connectivity index (χ2n) is 5.05. The third-order valence-electron chi connectivity index (χ3n) is 4.83. The highest BCUT2D eigenvalue weighted by Gasteiger charge is 2.38. The molecule has 84 valence electrons. The molecule has 1 saturated heterocycles. The Labute approximate surface area is 89.7 Å². The Bertz CT molecular complexity index is 134. The second kappa shape index (κ2) is 4.65. The van der Waals surface area contributed by atoms with Crippen molar-refractivity contribution >= 4 is 0 Å². The van der Waals surface area contributed by atoms with Gasteiger partial charge >= 0.3 is 0 Å². The molecule has 0 aromatic rings. The molecule has 0 radical (unpaired) electrons. The molecule has 0 aliphatic carbocycles. The fourth-order valence-electron chi connectivity index (χ4n) is 2.76. The van der Waals surface area contributed by atoms with Gasteiger partial charge in [-0.25, -0.2) is 0 Å². The van der Waals surface area contributed by atoms with E-state index in [1.54, 1.807) is 0 Å². The summed E-state index contributed by atoms with van der Waals surface area (Å²) in [5, 5.41) is 3.82. The zero-order chi connectivity index (χ0) is 10.7. The summed E-state index contributed by atoms with van der Waals surface area (Å²) in [6.45, 7) is 10.6. The maximum atomic E-state index is 3.82. The molecule has 1 heterocycles. The summed E-state index contributed by atoms with van der Waals surface area (Å²) >= 11 is 0. The lowest BCUT2D eigenvalue weighted by molar-refractivity contribution is 0.104. The Balaban J connectivity index is 2.59. The number of hydrogen-bond acceptors (Lipinski definition) is 1. The van der Waals surface area contributed by atoms with Gasteiger partial charge in [0.05, 0.1) is 0 Å². The van der Waals surface area contributed by atoms with Crippen LogP contribution in [-0.2, 0) is 0 Å². The fourth-order valence-corrected chi connectivity index (χ4v) is 2.76. The van der Waals surface area contributed by atoms with E-state index < -0.39 is 0 Å². The summed E-state index contributed by atoms with van der Waals surface area (Å²) in [4.78, 5) is 0. The smallest absolute Gasteiger partial charge is 0.0176 e. The Morgan fingerprint density at radius 1 is 0.857 bits per heavy atom. The van der Waals surface area contributed by atoms with Crippen LogP contribution >= 0.6 is 0 Å². The van der Waals surface area contributed by atoms with Crippen molar-refractivity contribution in [2.24, 2.45) is 5.41 Å². The van der Waals surface area contributed by atoms with E-state index in [4.69, 9.17) is 0 Å². The molecule has 0 atom stereocenters. The minimum Gasteiger partial charge on any atom is -0.311 e. The van der Waals surface area contributed by atoms with E-state index in [-0.39, 0.29) is 0 Å². The van der Waals surface area contributed by atoms with Crippen molar-refractivity contribution in [1.82, 2.24) is 5.32 Å². The Hall–Kier alpha value is -0.0400. The highest BCUT2D eigenvalue weighted by Crippen LogP contribution is 2.39. The van der Waals surface area contributed by atoms with Gasteiger partial charge in [-0.3, -0.25) is 0 Å². The van der Waals surface area contributed by atoms with Crippen molar-refractivity contribution in [2.45, 2.75) is 71.8 Å². The molecule has 0 amide bonds. The van der Waals surface area contributed by atoms with Crippen LogP contribution in [0.15, 0.2) is 0 Å². The number of hydrogen-bond donors (Lipinski definition) is 1. The van der Waals surface area contributed by atoms with Gasteiger partial charge in [0.25, 0.3) is 0 Å². The maximum Gasteiger partial charge on any atom is 0.0176 e. The molecule has 0 aromatic heterocycles. The lowest BCUT2D eigenvalue weighted by atomic mass is 9.70. The van der Waals surface area contributed by atoms with Gasteiger partial charge in [0.1, 0.15) is 0 Å². The highest BCUT2D eigenvalue weighted by molar-refractivity contribution is 4.96. The monoisotopic (exact) mass is 197 g/mol. The van der Waals surface area contributed by atoms with E-state index in [0.29, 0.717) is 11.0 Å². The van der Waals surface area contributed by atoms with Gasteiger partial charge in [-0.05, 0) is 43.9 Å². The Morgan fingerprint density at radius 2 is 1.43 bits per heavy atom. The van der Waals surface area contributed by atoms with Crippen molar-refractivity contribution in [3.8, 4) is 0 Å². The minimum atomic E-state index is 0.466. The first-order valence-corrected chi connectivity index (χ1v) is 6.41. The first kappa shape index (κ1) is 12.0. The molecule has 1 fully saturated rings. The SMILES string of the molecule is CCC1(CC)CCC(CC)(CC)NC1. The number of piperidine rings is 1. The van der Waals surface area contributed by atoms with E-state index in [9.17, 15) is 0 Å². The van der Waals surface area contributed by atoms with Gasteiger partial charge in [0.2, 0.25) is 0 Å². The molecule has 1 aliphatic rings. The largest absolute Gasteiger partial charge is 0.311 e. The average molecular weight is 197 g/mol. The predicted octanol–water partition coefficient (Wildman–Crippen LogP) is 3.74. The fraction of sp³-hybridized carbons (Fsp3) is 1.00. The number of nitrogens with one attached hydrogen (secondary N) is 1. The van der Waals surface area contributed by atoms with Gasteiger partial charge < -0.3 is 5.32 Å². The first-order chi connectivity index (χ1) is 6.66. The standard InChI is InChI=1S/C13H27N/c1-5-12(6-2)9-10-13(7-3,8-4)14-11-12/h14H,5-11H2,1-4H3. The Kier molecular flexibility index (Phi) is 4.00. The van der Waals surface area contributed by atoms with Gasteiger partial charge in [-0.15, -0.1) is 0 Å². The van der Waals surface area contributed by atoms with Crippen LogP contribution < -0.4 is 5.32 Å². The van der Waals surface area contributed by atoms with Crippen LogP contribution in [0.25, 0.3) is 0 Å². The van der Waals surface area contributed by atoms with Crippen LogP contribution in [0.1, 0.15) is 66.2 Å². The van der Waals surface area contributed by atoms with Crippen molar-refractivity contribution in [3.63, 3.8) is 0 Å². The molecule has 1 rings (SSSR count). The van der Waals surface area contributed by atoms with Gasteiger partial charge in [-0.1, -0.05) is 27.7 Å². The van der Waals surface area contributed by atoms with E-state index in [2.05, 4.69) is 33.0 Å². The average Bonchev–Trinajstić information content (AvgIpc) is 2.29. The molecule has 1 heteroatoms. The van der Waals surface area contributed by atoms with Crippen LogP contribution in [0.4, 0.5) is 0 Å². The van der Waals surface area contributed by atoms with Crippen LogP contribution in [0.2, 0.25) is 0 Å². The Morgan fingerprint density at radius 3 is 1.71 bits per heavy atom. The second-order valence-corrected chi connectivity index (χ2v) is 5.05. The molecule has 1 N–H and O–H groups in total. The number of rotatable bonds is 4. The summed E-state index contributed by atoms with van der Waals surface area (Å²) in [5.41, 5.74) is 1.07. The van der Waals surface area contributed by atoms with E-state index >= 15 is 0 Å². The molecule has 0 unspecified atom stereocenters. The lowest BCUT2D eigenvalue weighted by Gasteiger charge is -2.46. The molecular weight excluding hydrogens is 170 g/mol. The summed E-state index contributed by atoms with van der Waals surface area (Å²) < 4.78 is 0. The molecule has 14 heavy (non-hydrogen) atoms. The predicted molar refractivity (Wildman–Crippen MR) is 63.6 cm³/mol. The van der Waals surface area contributed by atoms with E-state index in [0.717, 1.165) is 0 Å². The van der Waals surface area contributed by atoms with Crippen LogP contribution in [0.5, 0.6) is 0 Å². The van der Waals surface area contributed by atoms with E-state index in [1.807, 2.05) is 0 Å². The van der Waals surface area contributed by atoms with Crippen LogP contribution in [0, 0.1) is 5.41 Å². The molecular formula is C13H27N. The summed E-state index contributed by atoms with van der Waals surface area (Å²) in [6, 6.07) is 0. The highest BCUT2D eigenvalue weighted by atomic mass is 15.0. The molecule has 0 saturated carbocycles. The van der Waals surface area contributed by atoms with Gasteiger partial charge in [0, 0.05) is 12.1 Å². The van der Waals surface area contributed by atoms with Crippen LogP contribution in [-0.4, -0.2) is 12.1 Å². The normalized spacial score (nSPS) is 24.9. The minimum absolute atomic E-state index is 0.466. The third-order valence-corrected chi connectivity index (χ3v) is 4.83. The first-order valence-electron chi connectivity index (χ1n) is 6.41. The topological polar surface area (TPSA) is 12.0 Å². The zero-order valence-electron chi connectivity index (χ0n) is 10.4. The molecule has 0 bridgehead atoms. The molecule has 1 nitrogen and oxygen atoms in total. The summed E-state index contributed by atoms with van der Waals surface area (Å²) in [6.07, 6.45) is 8.04. The van der Waals surface area contributed by atoms with E-state index in [1.165, 1.54) is 45.1 Å². The molecule has 0 aromatic carbocycles. The summed E-state index contributed by atoms with van der Waals surface area (Å²) in [5.74, 6) is 0. The van der Waals surface area contributed by atoms with Crippen molar-refractivity contribution in [1.29, 1.82) is 0 Å². The van der Waals surface area contributed by atoms with Gasteiger partial charge in [0.15, 0.2) is 0 Å². The summed E-state index contributed by atoms with van der Waals surface area (Å²) in [7, 11) is 0. The maximum absolute atomic E-state index is 3.82. The lowest BCUT2D eigenvalue weighted by Crippen LogP contribution is -2.54. The van der Waals surface area contributed by atoms with Crippen molar-refractivity contribution in [3.05, 3.63) is 0 Å². The van der Waals surface area contributed by atoms with Crippen LogP contribution in [0.3, 0.4) is 0 Å². The zero-order valence-corrected chi connectivity index (χ0v) is 10.4. The van der Waals surface area contributed by atoms with Gasteiger partial charge in [-0.2, -0.15) is 0 Å². The van der Waals surface area contributed by atoms with Crippen molar-refractivity contribution in [2.75, 3.05) is 6.54 Å². The molecule has 1 aliphatic heterocycles. The quantitative estimate of drug-likeness (QED) is 0.724.